The number of carbonyl (C=O) groups is 1. The van der Waals surface area contributed by atoms with Gasteiger partial charge in [0.15, 0.2) is 5.13 Å². The second-order valence-electron chi connectivity index (χ2n) is 6.33. The number of anilines is 1. The molecule has 0 spiro atoms. The third kappa shape index (κ3) is 5.19. The molecule has 1 aromatic carbocycles. The number of amides is 1. The highest BCUT2D eigenvalue weighted by Gasteiger charge is 2.21. The van der Waals surface area contributed by atoms with Crippen LogP contribution >= 0.6 is 11.3 Å². The average Bonchev–Trinajstić information content (AvgIpc) is 3.17. The minimum atomic E-state index is 0.0792. The Morgan fingerprint density at radius 2 is 2.24 bits per heavy atom. The van der Waals surface area contributed by atoms with Gasteiger partial charge in [-0.25, -0.2) is 4.98 Å². The van der Waals surface area contributed by atoms with E-state index >= 15 is 0 Å². The van der Waals surface area contributed by atoms with Crippen LogP contribution in [0.1, 0.15) is 25.3 Å². The van der Waals surface area contributed by atoms with Crippen LogP contribution in [-0.4, -0.2) is 37.1 Å². The molecule has 6 heteroatoms. The van der Waals surface area contributed by atoms with Gasteiger partial charge in [0.1, 0.15) is 5.75 Å². The predicted octanol–water partition coefficient (Wildman–Crippen LogP) is 3.12. The number of carbonyl (C=O) groups excluding carboxylic acids is 1. The van der Waals surface area contributed by atoms with Gasteiger partial charge in [0.05, 0.1) is 13.0 Å². The summed E-state index contributed by atoms with van der Waals surface area (Å²) in [7, 11) is 0. The van der Waals surface area contributed by atoms with E-state index in [1.54, 1.807) is 11.3 Å². The molecule has 1 fully saturated rings. The molecule has 1 aliphatic heterocycles. The van der Waals surface area contributed by atoms with Gasteiger partial charge in [0.2, 0.25) is 5.91 Å². The smallest absolute Gasteiger partial charge is 0.224 e. The quantitative estimate of drug-likeness (QED) is 0.825. The summed E-state index contributed by atoms with van der Waals surface area (Å²) in [4.78, 5) is 18.9. The van der Waals surface area contributed by atoms with Crippen LogP contribution in [0.15, 0.2) is 35.8 Å². The van der Waals surface area contributed by atoms with Gasteiger partial charge in [-0.1, -0.05) is 12.1 Å². The normalized spacial score (nSPS) is 17.3. The number of nitrogens with zero attached hydrogens (tertiary/aromatic N) is 2. The lowest BCUT2D eigenvalue weighted by Crippen LogP contribution is -2.41. The van der Waals surface area contributed by atoms with Gasteiger partial charge < -0.3 is 15.0 Å². The van der Waals surface area contributed by atoms with Crippen molar-refractivity contribution in [3.8, 4) is 5.75 Å². The van der Waals surface area contributed by atoms with Crippen LogP contribution < -0.4 is 15.0 Å². The summed E-state index contributed by atoms with van der Waals surface area (Å²) >= 11 is 1.68. The van der Waals surface area contributed by atoms with Crippen molar-refractivity contribution in [3.63, 3.8) is 0 Å². The molecule has 2 aromatic rings. The lowest BCUT2D eigenvalue weighted by molar-refractivity contribution is -0.120. The van der Waals surface area contributed by atoms with Gasteiger partial charge in [-0.05, 0) is 43.4 Å². The number of rotatable bonds is 7. The summed E-state index contributed by atoms with van der Waals surface area (Å²) in [5.74, 6) is 1.41. The number of aromatic nitrogens is 1. The molecule has 1 unspecified atom stereocenters. The molecule has 5 nitrogen and oxygen atoms in total. The molecule has 134 valence electrons. The van der Waals surface area contributed by atoms with E-state index in [4.69, 9.17) is 4.74 Å². The molecule has 1 N–H and O–H groups in total. The van der Waals surface area contributed by atoms with Crippen LogP contribution in [0.4, 0.5) is 5.13 Å². The SMILES string of the molecule is CCOc1ccc(CC(=O)NCC2CCCN(c3nccs3)C2)cc1. The minimum absolute atomic E-state index is 0.0792. The molecule has 1 amide bonds. The van der Waals surface area contributed by atoms with Crippen LogP contribution in [0.3, 0.4) is 0 Å². The Balaban J connectivity index is 1.44. The highest BCUT2D eigenvalue weighted by atomic mass is 32.1. The van der Waals surface area contributed by atoms with Gasteiger partial charge in [-0.15, -0.1) is 11.3 Å². The van der Waals surface area contributed by atoms with Crippen molar-refractivity contribution in [2.45, 2.75) is 26.2 Å². The summed E-state index contributed by atoms with van der Waals surface area (Å²) in [5, 5.41) is 6.19. The van der Waals surface area contributed by atoms with Gasteiger partial charge in [0, 0.05) is 31.2 Å². The van der Waals surface area contributed by atoms with Crippen LogP contribution in [0.25, 0.3) is 0 Å². The number of piperidine rings is 1. The molecule has 0 saturated carbocycles. The number of benzene rings is 1. The van der Waals surface area contributed by atoms with Crippen molar-refractivity contribution in [3.05, 3.63) is 41.4 Å². The summed E-state index contributed by atoms with van der Waals surface area (Å²) in [6.45, 7) is 5.38. The molecule has 0 bridgehead atoms. The van der Waals surface area contributed by atoms with Crippen molar-refractivity contribution in [2.75, 3.05) is 31.1 Å². The zero-order chi connectivity index (χ0) is 17.5. The fourth-order valence-electron chi connectivity index (χ4n) is 3.15. The highest BCUT2D eigenvalue weighted by molar-refractivity contribution is 7.13. The van der Waals surface area contributed by atoms with Gasteiger partial charge in [-0.2, -0.15) is 0 Å². The van der Waals surface area contributed by atoms with Crippen molar-refractivity contribution in [1.82, 2.24) is 10.3 Å². The van der Waals surface area contributed by atoms with Crippen molar-refractivity contribution >= 4 is 22.4 Å². The van der Waals surface area contributed by atoms with Gasteiger partial charge in [0.25, 0.3) is 0 Å². The molecule has 2 heterocycles. The molecule has 1 saturated heterocycles. The van der Waals surface area contributed by atoms with Crippen molar-refractivity contribution in [1.29, 1.82) is 0 Å². The average molecular weight is 359 g/mol. The topological polar surface area (TPSA) is 54.5 Å². The standard InChI is InChI=1S/C19H25N3O2S/c1-2-24-17-7-5-15(6-8-17)12-18(23)21-13-16-4-3-10-22(14-16)19-20-9-11-25-19/h5-9,11,16H,2-4,10,12-14H2,1H3,(H,21,23). The first-order valence-electron chi connectivity index (χ1n) is 8.87. The highest BCUT2D eigenvalue weighted by Crippen LogP contribution is 2.24. The summed E-state index contributed by atoms with van der Waals surface area (Å²) in [6, 6.07) is 7.74. The Kier molecular flexibility index (Phi) is 6.28. The molecular formula is C19H25N3O2S. The van der Waals surface area contributed by atoms with Crippen LogP contribution in [-0.2, 0) is 11.2 Å². The van der Waals surface area contributed by atoms with Gasteiger partial charge >= 0.3 is 0 Å². The third-order valence-corrected chi connectivity index (χ3v) is 5.23. The number of nitrogens with one attached hydrogen (secondary N) is 1. The van der Waals surface area contributed by atoms with E-state index in [1.165, 1.54) is 0 Å². The molecule has 0 aliphatic carbocycles. The predicted molar refractivity (Wildman–Crippen MR) is 101 cm³/mol. The Bertz CT molecular complexity index is 658. The molecule has 3 rings (SSSR count). The Hall–Kier alpha value is -2.08. The number of hydrogen-bond acceptors (Lipinski definition) is 5. The first-order valence-corrected chi connectivity index (χ1v) is 9.75. The molecule has 1 atom stereocenters. The van der Waals surface area contributed by atoms with E-state index in [1.807, 2.05) is 42.8 Å². The Labute approximate surface area is 153 Å². The van der Waals surface area contributed by atoms with Crippen molar-refractivity contribution < 1.29 is 9.53 Å². The lowest BCUT2D eigenvalue weighted by atomic mass is 9.98. The summed E-state index contributed by atoms with van der Waals surface area (Å²) in [6.07, 6.45) is 4.57. The van der Waals surface area contributed by atoms with E-state index < -0.39 is 0 Å². The van der Waals surface area contributed by atoms with Crippen molar-refractivity contribution in [2.24, 2.45) is 5.92 Å². The number of hydrogen-bond donors (Lipinski definition) is 1. The Morgan fingerprint density at radius 1 is 1.40 bits per heavy atom. The first-order chi connectivity index (χ1) is 12.2. The monoisotopic (exact) mass is 359 g/mol. The van der Waals surface area contributed by atoms with E-state index in [2.05, 4.69) is 15.2 Å². The van der Waals surface area contributed by atoms with E-state index in [0.29, 0.717) is 18.9 Å². The zero-order valence-electron chi connectivity index (χ0n) is 14.6. The van der Waals surface area contributed by atoms with E-state index in [-0.39, 0.29) is 5.91 Å². The maximum atomic E-state index is 12.2. The third-order valence-electron chi connectivity index (χ3n) is 4.40. The van der Waals surface area contributed by atoms with Gasteiger partial charge in [-0.3, -0.25) is 4.79 Å². The molecule has 1 aromatic heterocycles. The lowest BCUT2D eigenvalue weighted by Gasteiger charge is -2.32. The van der Waals surface area contributed by atoms with E-state index in [0.717, 1.165) is 48.9 Å². The fourth-order valence-corrected chi connectivity index (χ4v) is 3.83. The largest absolute Gasteiger partial charge is 0.494 e. The maximum Gasteiger partial charge on any atom is 0.224 e. The van der Waals surface area contributed by atoms with E-state index in [9.17, 15) is 4.79 Å². The number of thiazole rings is 1. The molecule has 1 aliphatic rings. The first kappa shape index (κ1) is 17.7. The molecule has 25 heavy (non-hydrogen) atoms. The second-order valence-corrected chi connectivity index (χ2v) is 7.20. The van der Waals surface area contributed by atoms with Crippen LogP contribution in [0.2, 0.25) is 0 Å². The Morgan fingerprint density at radius 3 is 2.96 bits per heavy atom. The van der Waals surface area contributed by atoms with Crippen LogP contribution in [0, 0.1) is 5.92 Å². The number of ether oxygens (including phenoxy) is 1. The molecular weight excluding hydrogens is 334 g/mol. The fraction of sp³-hybridized carbons (Fsp3) is 0.474. The summed E-state index contributed by atoms with van der Waals surface area (Å²) < 4.78 is 5.42. The van der Waals surface area contributed by atoms with Crippen LogP contribution in [0.5, 0.6) is 5.75 Å². The second kappa shape index (κ2) is 8.85. The maximum absolute atomic E-state index is 12.2. The summed E-state index contributed by atoms with van der Waals surface area (Å²) in [5.41, 5.74) is 1.01. The zero-order valence-corrected chi connectivity index (χ0v) is 15.4. The molecule has 0 radical (unpaired) electrons. The minimum Gasteiger partial charge on any atom is -0.494 e.